The summed E-state index contributed by atoms with van der Waals surface area (Å²) < 4.78 is 14.8. The number of aromatic nitrogens is 2. The number of halogens is 1. The molecule has 1 aromatic heterocycles. The van der Waals surface area contributed by atoms with Gasteiger partial charge >= 0.3 is 0 Å². The molecule has 0 aliphatic heterocycles. The number of benzene rings is 1. The Morgan fingerprint density at radius 3 is 3.06 bits per heavy atom. The van der Waals surface area contributed by atoms with Gasteiger partial charge in [0.1, 0.15) is 5.82 Å². The zero-order chi connectivity index (χ0) is 11.4. The first-order valence-electron chi connectivity index (χ1n) is 5.23. The SMILES string of the molecule is Cc1ccc(F)cc1NCCn1cccn1. The summed E-state index contributed by atoms with van der Waals surface area (Å²) in [6.07, 6.45) is 3.65. The molecule has 2 rings (SSSR count). The quantitative estimate of drug-likeness (QED) is 0.856. The van der Waals surface area contributed by atoms with E-state index in [2.05, 4.69) is 10.4 Å². The van der Waals surface area contributed by atoms with Gasteiger partial charge in [0, 0.05) is 24.6 Å². The number of nitrogens with one attached hydrogen (secondary N) is 1. The molecule has 0 bridgehead atoms. The van der Waals surface area contributed by atoms with Crippen molar-refractivity contribution in [3.05, 3.63) is 48.0 Å². The second-order valence-corrected chi connectivity index (χ2v) is 3.66. The lowest BCUT2D eigenvalue weighted by atomic mass is 10.2. The first kappa shape index (κ1) is 10.7. The molecule has 0 atom stereocenters. The van der Waals surface area contributed by atoms with Gasteiger partial charge in [0.2, 0.25) is 0 Å². The summed E-state index contributed by atoms with van der Waals surface area (Å²) in [6.45, 7) is 3.45. The van der Waals surface area contributed by atoms with Crippen molar-refractivity contribution in [2.75, 3.05) is 11.9 Å². The lowest BCUT2D eigenvalue weighted by Crippen LogP contribution is -2.11. The Kier molecular flexibility index (Phi) is 3.19. The summed E-state index contributed by atoms with van der Waals surface area (Å²) in [7, 11) is 0. The molecule has 0 aliphatic rings. The van der Waals surface area contributed by atoms with Crippen LogP contribution in [0.25, 0.3) is 0 Å². The average molecular weight is 219 g/mol. The van der Waals surface area contributed by atoms with Crippen LogP contribution in [-0.2, 0) is 6.54 Å². The van der Waals surface area contributed by atoms with E-state index in [0.29, 0.717) is 0 Å². The maximum Gasteiger partial charge on any atom is 0.125 e. The van der Waals surface area contributed by atoms with Crippen LogP contribution in [0.3, 0.4) is 0 Å². The summed E-state index contributed by atoms with van der Waals surface area (Å²) in [6, 6.07) is 6.63. The maximum atomic E-state index is 13.0. The van der Waals surface area contributed by atoms with Gasteiger partial charge in [-0.05, 0) is 30.7 Å². The minimum Gasteiger partial charge on any atom is -0.383 e. The van der Waals surface area contributed by atoms with Crippen molar-refractivity contribution in [2.45, 2.75) is 13.5 Å². The fourth-order valence-electron chi connectivity index (χ4n) is 1.52. The third kappa shape index (κ3) is 2.59. The van der Waals surface area contributed by atoms with Gasteiger partial charge in [0.25, 0.3) is 0 Å². The van der Waals surface area contributed by atoms with Gasteiger partial charge in [-0.1, -0.05) is 6.07 Å². The molecule has 0 fully saturated rings. The molecule has 0 spiro atoms. The van der Waals surface area contributed by atoms with Crippen molar-refractivity contribution < 1.29 is 4.39 Å². The van der Waals surface area contributed by atoms with Crippen LogP contribution >= 0.6 is 0 Å². The molecule has 3 nitrogen and oxygen atoms in total. The molecule has 0 saturated carbocycles. The van der Waals surface area contributed by atoms with E-state index in [-0.39, 0.29) is 5.82 Å². The molecular formula is C12H14FN3. The van der Waals surface area contributed by atoms with Gasteiger partial charge < -0.3 is 5.32 Å². The number of nitrogens with zero attached hydrogens (tertiary/aromatic N) is 2. The van der Waals surface area contributed by atoms with Crippen LogP contribution in [0.15, 0.2) is 36.7 Å². The number of rotatable bonds is 4. The normalized spacial score (nSPS) is 10.4. The van der Waals surface area contributed by atoms with Crippen LogP contribution in [0.2, 0.25) is 0 Å². The number of aryl methyl sites for hydroxylation is 1. The van der Waals surface area contributed by atoms with Crippen molar-refractivity contribution in [3.8, 4) is 0 Å². The topological polar surface area (TPSA) is 29.9 Å². The summed E-state index contributed by atoms with van der Waals surface area (Å²) >= 11 is 0. The Morgan fingerprint density at radius 2 is 2.31 bits per heavy atom. The second-order valence-electron chi connectivity index (χ2n) is 3.66. The van der Waals surface area contributed by atoms with Gasteiger partial charge in [0.05, 0.1) is 6.54 Å². The second kappa shape index (κ2) is 4.79. The molecule has 0 unspecified atom stereocenters. The Hall–Kier alpha value is -1.84. The highest BCUT2D eigenvalue weighted by molar-refractivity contribution is 5.50. The van der Waals surface area contributed by atoms with E-state index >= 15 is 0 Å². The summed E-state index contributed by atoms with van der Waals surface area (Å²) in [5.41, 5.74) is 1.88. The zero-order valence-electron chi connectivity index (χ0n) is 9.15. The first-order chi connectivity index (χ1) is 7.75. The highest BCUT2D eigenvalue weighted by Crippen LogP contribution is 2.15. The van der Waals surface area contributed by atoms with Crippen molar-refractivity contribution in [2.24, 2.45) is 0 Å². The van der Waals surface area contributed by atoms with Crippen molar-refractivity contribution >= 4 is 5.69 Å². The Bertz CT molecular complexity index is 451. The molecule has 1 aromatic carbocycles. The van der Waals surface area contributed by atoms with Crippen LogP contribution < -0.4 is 5.32 Å². The lowest BCUT2D eigenvalue weighted by Gasteiger charge is -2.09. The van der Waals surface area contributed by atoms with Gasteiger partial charge in [-0.25, -0.2) is 4.39 Å². The lowest BCUT2D eigenvalue weighted by molar-refractivity contribution is 0.625. The molecule has 0 radical (unpaired) electrons. The smallest absolute Gasteiger partial charge is 0.125 e. The largest absolute Gasteiger partial charge is 0.383 e. The van der Waals surface area contributed by atoms with Crippen molar-refractivity contribution in [3.63, 3.8) is 0 Å². The third-order valence-electron chi connectivity index (χ3n) is 2.42. The molecule has 4 heteroatoms. The van der Waals surface area contributed by atoms with Crippen LogP contribution in [0, 0.1) is 12.7 Å². The molecule has 1 N–H and O–H groups in total. The van der Waals surface area contributed by atoms with Crippen molar-refractivity contribution in [1.29, 1.82) is 0 Å². The van der Waals surface area contributed by atoms with Crippen LogP contribution in [0.5, 0.6) is 0 Å². The number of hydrogen-bond donors (Lipinski definition) is 1. The molecule has 1 heterocycles. The minimum absolute atomic E-state index is 0.216. The molecular weight excluding hydrogens is 205 g/mol. The van der Waals surface area contributed by atoms with E-state index in [1.165, 1.54) is 12.1 Å². The first-order valence-corrected chi connectivity index (χ1v) is 5.23. The molecule has 0 amide bonds. The van der Waals surface area contributed by atoms with Gasteiger partial charge in [-0.2, -0.15) is 5.10 Å². The van der Waals surface area contributed by atoms with E-state index in [0.717, 1.165) is 24.3 Å². The Balaban J connectivity index is 1.92. The fourth-order valence-corrected chi connectivity index (χ4v) is 1.52. The van der Waals surface area contributed by atoms with Crippen LogP contribution in [0.4, 0.5) is 10.1 Å². The van der Waals surface area contributed by atoms with E-state index in [4.69, 9.17) is 0 Å². The molecule has 2 aromatic rings. The van der Waals surface area contributed by atoms with Crippen LogP contribution in [-0.4, -0.2) is 16.3 Å². The Labute approximate surface area is 93.9 Å². The van der Waals surface area contributed by atoms with E-state index in [9.17, 15) is 4.39 Å². The predicted molar refractivity (Wildman–Crippen MR) is 61.9 cm³/mol. The van der Waals surface area contributed by atoms with Gasteiger partial charge in [-0.3, -0.25) is 4.68 Å². The average Bonchev–Trinajstić information content (AvgIpc) is 2.76. The fraction of sp³-hybridized carbons (Fsp3) is 0.250. The predicted octanol–water partition coefficient (Wildman–Crippen LogP) is 2.44. The zero-order valence-corrected chi connectivity index (χ0v) is 9.15. The maximum absolute atomic E-state index is 13.0. The molecule has 0 saturated heterocycles. The van der Waals surface area contributed by atoms with E-state index in [1.54, 1.807) is 12.3 Å². The number of anilines is 1. The Morgan fingerprint density at radius 1 is 1.44 bits per heavy atom. The highest BCUT2D eigenvalue weighted by atomic mass is 19.1. The molecule has 84 valence electrons. The van der Waals surface area contributed by atoms with Gasteiger partial charge in [-0.15, -0.1) is 0 Å². The summed E-state index contributed by atoms with van der Waals surface area (Å²) in [5, 5.41) is 7.28. The standard InChI is InChI=1S/C12H14FN3/c1-10-3-4-11(13)9-12(10)14-6-8-16-7-2-5-15-16/h2-5,7,9,14H,6,8H2,1H3. The third-order valence-corrected chi connectivity index (χ3v) is 2.42. The van der Waals surface area contributed by atoms with Crippen LogP contribution in [0.1, 0.15) is 5.56 Å². The van der Waals surface area contributed by atoms with E-state index in [1.807, 2.05) is 23.9 Å². The molecule has 0 aliphatic carbocycles. The summed E-state index contributed by atoms with van der Waals surface area (Å²) in [4.78, 5) is 0. The monoisotopic (exact) mass is 219 g/mol. The van der Waals surface area contributed by atoms with Crippen molar-refractivity contribution in [1.82, 2.24) is 9.78 Å². The number of hydrogen-bond acceptors (Lipinski definition) is 2. The molecule has 16 heavy (non-hydrogen) atoms. The highest BCUT2D eigenvalue weighted by Gasteiger charge is 1.99. The van der Waals surface area contributed by atoms with Gasteiger partial charge in [0.15, 0.2) is 0 Å². The minimum atomic E-state index is -0.216. The summed E-state index contributed by atoms with van der Waals surface area (Å²) in [5.74, 6) is -0.216. The van der Waals surface area contributed by atoms with E-state index < -0.39 is 0 Å².